The quantitative estimate of drug-likeness (QED) is 0.324. The molecule has 0 saturated heterocycles. The van der Waals surface area contributed by atoms with Gasteiger partial charge in [0, 0.05) is 33.9 Å². The molecular weight excluding hydrogens is 426 g/mol. The van der Waals surface area contributed by atoms with Crippen molar-refractivity contribution in [3.05, 3.63) is 84.0 Å². The highest BCUT2D eigenvalue weighted by Gasteiger charge is 2.08. The molecule has 0 saturated carbocycles. The third kappa shape index (κ3) is 4.19. The molecule has 8 heteroatoms. The molecule has 2 heterocycles. The van der Waals surface area contributed by atoms with Crippen molar-refractivity contribution in [3.8, 4) is 28.6 Å². The summed E-state index contributed by atoms with van der Waals surface area (Å²) in [4.78, 5) is 8.86. The number of fused-ring (bicyclic) bond motifs is 1. The van der Waals surface area contributed by atoms with Crippen LogP contribution in [0.3, 0.4) is 0 Å². The first-order chi connectivity index (χ1) is 15.7. The number of aromatic nitrogens is 4. The molecule has 0 aliphatic rings. The highest BCUT2D eigenvalue weighted by atomic mass is 35.5. The number of rotatable bonds is 6. The summed E-state index contributed by atoms with van der Waals surface area (Å²) in [5.41, 5.74) is 2.50. The van der Waals surface area contributed by atoms with E-state index in [0.29, 0.717) is 22.5 Å². The van der Waals surface area contributed by atoms with Crippen LogP contribution in [0.1, 0.15) is 0 Å². The average Bonchev–Trinajstić information content (AvgIpc) is 3.29. The fraction of sp³-hybridized carbons (Fsp3) is 0.0417. The number of nitrogens with zero attached hydrogens (tertiary/aromatic N) is 3. The Morgan fingerprint density at radius 2 is 1.78 bits per heavy atom. The molecule has 7 nitrogen and oxygen atoms in total. The van der Waals surface area contributed by atoms with E-state index in [2.05, 4.69) is 25.5 Å². The predicted molar refractivity (Wildman–Crippen MR) is 125 cm³/mol. The number of H-pyrrole nitrogens is 1. The number of aromatic amines is 1. The average molecular weight is 444 g/mol. The van der Waals surface area contributed by atoms with Gasteiger partial charge in [0.1, 0.15) is 17.2 Å². The number of benzene rings is 3. The van der Waals surface area contributed by atoms with Gasteiger partial charge in [0.2, 0.25) is 5.95 Å². The molecule has 0 atom stereocenters. The largest absolute Gasteiger partial charge is 0.497 e. The summed E-state index contributed by atoms with van der Waals surface area (Å²) in [6.07, 6.45) is 1.72. The monoisotopic (exact) mass is 443 g/mol. The Hall–Kier alpha value is -4.10. The molecule has 0 amide bonds. The fourth-order valence-electron chi connectivity index (χ4n) is 3.26. The normalized spacial score (nSPS) is 10.8. The van der Waals surface area contributed by atoms with Crippen molar-refractivity contribution in [2.24, 2.45) is 0 Å². The lowest BCUT2D eigenvalue weighted by atomic mass is 10.2. The molecule has 5 aromatic rings. The Kier molecular flexibility index (Phi) is 5.31. The maximum absolute atomic E-state index is 6.08. The lowest BCUT2D eigenvalue weighted by Crippen LogP contribution is -1.93. The van der Waals surface area contributed by atoms with Crippen molar-refractivity contribution in [2.75, 3.05) is 12.4 Å². The molecule has 158 valence electrons. The minimum absolute atomic E-state index is 0.461. The first-order valence-corrected chi connectivity index (χ1v) is 10.2. The van der Waals surface area contributed by atoms with Crippen molar-refractivity contribution in [1.29, 1.82) is 0 Å². The summed E-state index contributed by atoms with van der Waals surface area (Å²) in [5, 5.41) is 11.9. The standard InChI is InChI=1S/C24H18ClN5O2/c1-31-19-9-10-20-21(14-19)26-12-11-22(20)32-18-7-5-17(6-8-18)27-24-28-23(29-30-24)15-3-2-4-16(25)13-15/h2-14H,1H3,(H2,27,28,29,30). The van der Waals surface area contributed by atoms with Crippen LogP contribution in [0.5, 0.6) is 17.2 Å². The summed E-state index contributed by atoms with van der Waals surface area (Å²) in [6, 6.07) is 22.5. The zero-order valence-electron chi connectivity index (χ0n) is 17.0. The van der Waals surface area contributed by atoms with Gasteiger partial charge in [0.15, 0.2) is 5.82 Å². The zero-order valence-corrected chi connectivity index (χ0v) is 17.8. The van der Waals surface area contributed by atoms with Crippen LogP contribution in [0.4, 0.5) is 11.6 Å². The van der Waals surface area contributed by atoms with Gasteiger partial charge in [0.05, 0.1) is 12.6 Å². The van der Waals surface area contributed by atoms with Gasteiger partial charge in [-0.05, 0) is 54.6 Å². The van der Waals surface area contributed by atoms with E-state index < -0.39 is 0 Å². The number of anilines is 2. The molecule has 2 N–H and O–H groups in total. The molecule has 3 aromatic carbocycles. The second-order valence-electron chi connectivity index (χ2n) is 6.96. The number of nitrogens with one attached hydrogen (secondary N) is 2. The predicted octanol–water partition coefficient (Wildman–Crippen LogP) is 6.22. The highest BCUT2D eigenvalue weighted by Crippen LogP contribution is 2.31. The first-order valence-electron chi connectivity index (χ1n) is 9.84. The van der Waals surface area contributed by atoms with E-state index in [1.807, 2.05) is 72.8 Å². The number of hydrogen-bond acceptors (Lipinski definition) is 6. The van der Waals surface area contributed by atoms with Gasteiger partial charge in [-0.1, -0.05) is 23.7 Å². The SMILES string of the molecule is COc1ccc2c(Oc3ccc(Nc4n[nH]c(-c5cccc(Cl)c5)n4)cc3)ccnc2c1. The van der Waals surface area contributed by atoms with Crippen LogP contribution in [0.2, 0.25) is 5.02 Å². The molecule has 32 heavy (non-hydrogen) atoms. The highest BCUT2D eigenvalue weighted by molar-refractivity contribution is 6.30. The lowest BCUT2D eigenvalue weighted by molar-refractivity contribution is 0.415. The van der Waals surface area contributed by atoms with Gasteiger partial charge >= 0.3 is 0 Å². The van der Waals surface area contributed by atoms with Gasteiger partial charge in [-0.15, -0.1) is 5.10 Å². The van der Waals surface area contributed by atoms with Crippen molar-refractivity contribution in [1.82, 2.24) is 20.2 Å². The second kappa shape index (κ2) is 8.56. The molecule has 2 aromatic heterocycles. The summed E-state index contributed by atoms with van der Waals surface area (Å²) >= 11 is 6.05. The van der Waals surface area contributed by atoms with E-state index in [0.717, 1.165) is 33.7 Å². The van der Waals surface area contributed by atoms with Crippen LogP contribution in [-0.4, -0.2) is 27.3 Å². The topological polar surface area (TPSA) is 85.0 Å². The van der Waals surface area contributed by atoms with Gasteiger partial charge in [-0.25, -0.2) is 0 Å². The van der Waals surface area contributed by atoms with E-state index in [-0.39, 0.29) is 0 Å². The van der Waals surface area contributed by atoms with Crippen molar-refractivity contribution in [2.45, 2.75) is 0 Å². The fourth-order valence-corrected chi connectivity index (χ4v) is 3.45. The van der Waals surface area contributed by atoms with Crippen molar-refractivity contribution in [3.63, 3.8) is 0 Å². The van der Waals surface area contributed by atoms with E-state index >= 15 is 0 Å². The summed E-state index contributed by atoms with van der Waals surface area (Å²) < 4.78 is 11.4. The third-order valence-corrected chi connectivity index (χ3v) is 5.07. The number of pyridine rings is 1. The molecular formula is C24H18ClN5O2. The van der Waals surface area contributed by atoms with Gasteiger partial charge < -0.3 is 14.8 Å². The van der Waals surface area contributed by atoms with Crippen molar-refractivity contribution < 1.29 is 9.47 Å². The van der Waals surface area contributed by atoms with E-state index in [1.165, 1.54) is 0 Å². The second-order valence-corrected chi connectivity index (χ2v) is 7.40. The van der Waals surface area contributed by atoms with E-state index in [1.54, 1.807) is 13.3 Å². The van der Waals surface area contributed by atoms with Crippen LogP contribution in [0, 0.1) is 0 Å². The Morgan fingerprint density at radius 3 is 2.59 bits per heavy atom. The van der Waals surface area contributed by atoms with Crippen LogP contribution in [0.25, 0.3) is 22.3 Å². The Morgan fingerprint density at radius 1 is 0.938 bits per heavy atom. The zero-order chi connectivity index (χ0) is 21.9. The Balaban J connectivity index is 1.31. The van der Waals surface area contributed by atoms with E-state index in [9.17, 15) is 0 Å². The van der Waals surface area contributed by atoms with Crippen LogP contribution >= 0.6 is 11.6 Å². The van der Waals surface area contributed by atoms with Crippen LogP contribution in [0.15, 0.2) is 79.0 Å². The van der Waals surface area contributed by atoms with Crippen molar-refractivity contribution >= 4 is 34.1 Å². The van der Waals surface area contributed by atoms with Gasteiger partial charge in [-0.3, -0.25) is 10.1 Å². The number of hydrogen-bond donors (Lipinski definition) is 2. The molecule has 0 unspecified atom stereocenters. The number of halogens is 1. The molecule has 0 bridgehead atoms. The van der Waals surface area contributed by atoms with E-state index in [4.69, 9.17) is 21.1 Å². The first kappa shape index (κ1) is 19.8. The maximum atomic E-state index is 6.08. The molecule has 0 fully saturated rings. The van der Waals surface area contributed by atoms with Crippen LogP contribution in [-0.2, 0) is 0 Å². The van der Waals surface area contributed by atoms with Gasteiger partial charge in [-0.2, -0.15) is 4.98 Å². The number of methoxy groups -OCH3 is 1. The molecule has 0 spiro atoms. The minimum Gasteiger partial charge on any atom is -0.497 e. The summed E-state index contributed by atoms with van der Waals surface area (Å²) in [5.74, 6) is 3.27. The molecule has 0 aliphatic carbocycles. The molecule has 0 aliphatic heterocycles. The lowest BCUT2D eigenvalue weighted by Gasteiger charge is -2.10. The summed E-state index contributed by atoms with van der Waals surface area (Å²) in [6.45, 7) is 0. The maximum Gasteiger partial charge on any atom is 0.246 e. The number of ether oxygens (including phenoxy) is 2. The molecule has 0 radical (unpaired) electrons. The Bertz CT molecular complexity index is 1390. The van der Waals surface area contributed by atoms with Gasteiger partial charge in [0.25, 0.3) is 0 Å². The summed E-state index contributed by atoms with van der Waals surface area (Å²) in [7, 11) is 1.63. The smallest absolute Gasteiger partial charge is 0.246 e. The Labute approximate surface area is 189 Å². The van der Waals surface area contributed by atoms with Crippen LogP contribution < -0.4 is 14.8 Å². The third-order valence-electron chi connectivity index (χ3n) is 4.83. The minimum atomic E-state index is 0.461. The molecule has 5 rings (SSSR count).